The smallest absolute Gasteiger partial charge is 0.328 e. The van der Waals surface area contributed by atoms with E-state index in [-0.39, 0.29) is 12.0 Å². The van der Waals surface area contributed by atoms with E-state index in [0.717, 1.165) is 69.7 Å². The topological polar surface area (TPSA) is 66.5 Å². The molecule has 0 amide bonds. The first-order valence-electron chi connectivity index (χ1n) is 12.2. The minimum absolute atomic E-state index is 0.147. The number of aromatic nitrogens is 1. The summed E-state index contributed by atoms with van der Waals surface area (Å²) < 4.78 is 5.38. The van der Waals surface area contributed by atoms with Gasteiger partial charge in [0.2, 0.25) is 0 Å². The lowest BCUT2D eigenvalue weighted by atomic mass is 10.1. The van der Waals surface area contributed by atoms with Crippen LogP contribution in [0.3, 0.4) is 0 Å². The molecule has 4 rings (SSSR count). The Labute approximate surface area is 191 Å². The lowest BCUT2D eigenvalue weighted by Gasteiger charge is -2.26. The third kappa shape index (κ3) is 5.87. The molecule has 3 heterocycles. The minimum atomic E-state index is -0.313. The summed E-state index contributed by atoms with van der Waals surface area (Å²) >= 11 is 0. The third-order valence-corrected chi connectivity index (χ3v) is 6.45. The fourth-order valence-corrected chi connectivity index (χ4v) is 4.79. The van der Waals surface area contributed by atoms with E-state index < -0.39 is 0 Å². The van der Waals surface area contributed by atoms with Crippen LogP contribution in [0.4, 0.5) is 5.82 Å². The fraction of sp³-hybridized carbons (Fsp3) is 0.538. The maximum atomic E-state index is 12.7. The van der Waals surface area contributed by atoms with Crippen LogP contribution >= 0.6 is 0 Å². The van der Waals surface area contributed by atoms with Gasteiger partial charge in [-0.25, -0.2) is 9.78 Å². The number of nitrogens with one attached hydrogen (secondary N) is 2. The number of carbonyl (C=O) groups is 1. The normalized spacial score (nSPS) is 19.2. The van der Waals surface area contributed by atoms with Crippen LogP contribution in [0.2, 0.25) is 0 Å². The summed E-state index contributed by atoms with van der Waals surface area (Å²) in [6, 6.07) is 14.5. The molecule has 0 radical (unpaired) electrons. The number of hydrogen-bond acceptors (Lipinski definition) is 6. The first kappa shape index (κ1) is 22.7. The SMILES string of the molecule is CCOC(=O)C(c1ccccc1)N1CC[C@@H](NCCCCc2ccc3c(n2)NCCC3)C1. The number of ether oxygens (including phenoxy) is 1. The van der Waals surface area contributed by atoms with Gasteiger partial charge in [-0.15, -0.1) is 0 Å². The Bertz CT molecular complexity index is 873. The van der Waals surface area contributed by atoms with Crippen molar-refractivity contribution in [2.45, 2.75) is 57.5 Å². The summed E-state index contributed by atoms with van der Waals surface area (Å²) in [6.45, 7) is 6.08. The molecule has 172 valence electrons. The van der Waals surface area contributed by atoms with Crippen LogP contribution < -0.4 is 10.6 Å². The number of aryl methyl sites for hydroxylation is 2. The molecule has 2 aromatic rings. The lowest BCUT2D eigenvalue weighted by molar-refractivity contribution is -0.149. The van der Waals surface area contributed by atoms with Crippen molar-refractivity contribution in [1.29, 1.82) is 0 Å². The first-order chi connectivity index (χ1) is 15.7. The zero-order chi connectivity index (χ0) is 22.2. The Morgan fingerprint density at radius 3 is 2.97 bits per heavy atom. The predicted molar refractivity (Wildman–Crippen MR) is 128 cm³/mol. The van der Waals surface area contributed by atoms with Crippen LogP contribution in [-0.2, 0) is 22.4 Å². The van der Waals surface area contributed by atoms with Crippen LogP contribution in [0.5, 0.6) is 0 Å². The highest BCUT2D eigenvalue weighted by atomic mass is 16.5. The Hall–Kier alpha value is -2.44. The predicted octanol–water partition coefficient (Wildman–Crippen LogP) is 3.73. The highest BCUT2D eigenvalue weighted by Crippen LogP contribution is 2.27. The van der Waals surface area contributed by atoms with Crippen molar-refractivity contribution >= 4 is 11.8 Å². The number of pyridine rings is 1. The van der Waals surface area contributed by atoms with Gasteiger partial charge in [0.25, 0.3) is 0 Å². The van der Waals surface area contributed by atoms with Gasteiger partial charge in [0.05, 0.1) is 6.61 Å². The Balaban J connectivity index is 1.21. The number of carbonyl (C=O) groups excluding carboxylic acids is 1. The van der Waals surface area contributed by atoms with Gasteiger partial charge in [-0.3, -0.25) is 4.90 Å². The number of anilines is 1. The molecular formula is C26H36N4O2. The molecule has 1 saturated heterocycles. The summed E-state index contributed by atoms with van der Waals surface area (Å²) in [6.07, 6.45) is 6.67. The van der Waals surface area contributed by atoms with Gasteiger partial charge in [-0.05, 0) is 69.2 Å². The summed E-state index contributed by atoms with van der Waals surface area (Å²) in [5, 5.41) is 7.12. The van der Waals surface area contributed by atoms with E-state index in [0.29, 0.717) is 12.6 Å². The maximum Gasteiger partial charge on any atom is 0.328 e. The van der Waals surface area contributed by atoms with Crippen LogP contribution in [0.1, 0.15) is 55.5 Å². The van der Waals surface area contributed by atoms with Crippen molar-refractivity contribution in [3.63, 3.8) is 0 Å². The van der Waals surface area contributed by atoms with Crippen LogP contribution in [0.25, 0.3) is 0 Å². The van der Waals surface area contributed by atoms with Crippen LogP contribution in [0.15, 0.2) is 42.5 Å². The molecular weight excluding hydrogens is 400 g/mol. The largest absolute Gasteiger partial charge is 0.465 e. The molecule has 2 aliphatic heterocycles. The Morgan fingerprint density at radius 1 is 1.25 bits per heavy atom. The van der Waals surface area contributed by atoms with Gasteiger partial charge in [-0.1, -0.05) is 36.4 Å². The highest BCUT2D eigenvalue weighted by molar-refractivity contribution is 5.77. The maximum absolute atomic E-state index is 12.7. The molecule has 0 saturated carbocycles. The fourth-order valence-electron chi connectivity index (χ4n) is 4.79. The molecule has 1 aromatic carbocycles. The van der Waals surface area contributed by atoms with E-state index in [1.807, 2.05) is 37.3 Å². The van der Waals surface area contributed by atoms with Crippen molar-refractivity contribution in [3.05, 3.63) is 59.3 Å². The minimum Gasteiger partial charge on any atom is -0.465 e. The third-order valence-electron chi connectivity index (χ3n) is 6.45. The summed E-state index contributed by atoms with van der Waals surface area (Å²) in [7, 11) is 0. The quantitative estimate of drug-likeness (QED) is 0.437. The van der Waals surface area contributed by atoms with Crippen molar-refractivity contribution in [1.82, 2.24) is 15.2 Å². The number of unbranched alkanes of at least 4 members (excludes halogenated alkanes) is 1. The number of rotatable bonds is 10. The van der Waals surface area contributed by atoms with E-state index in [1.54, 1.807) is 0 Å². The van der Waals surface area contributed by atoms with Gasteiger partial charge in [0.15, 0.2) is 0 Å². The molecule has 2 aliphatic rings. The highest BCUT2D eigenvalue weighted by Gasteiger charge is 2.34. The van der Waals surface area contributed by atoms with Crippen LogP contribution in [0, 0.1) is 0 Å². The van der Waals surface area contributed by atoms with Crippen molar-refractivity contribution < 1.29 is 9.53 Å². The molecule has 32 heavy (non-hydrogen) atoms. The van der Waals surface area contributed by atoms with Gasteiger partial charge in [0, 0.05) is 31.4 Å². The second-order valence-corrected chi connectivity index (χ2v) is 8.80. The Morgan fingerprint density at radius 2 is 2.12 bits per heavy atom. The molecule has 0 bridgehead atoms. The van der Waals surface area contributed by atoms with Crippen molar-refractivity contribution in [2.75, 3.05) is 38.1 Å². The summed E-state index contributed by atoms with van der Waals surface area (Å²) in [5.41, 5.74) is 3.55. The summed E-state index contributed by atoms with van der Waals surface area (Å²) in [5.74, 6) is 0.943. The average Bonchev–Trinajstić information content (AvgIpc) is 3.28. The second-order valence-electron chi connectivity index (χ2n) is 8.80. The molecule has 0 aliphatic carbocycles. The zero-order valence-electron chi connectivity index (χ0n) is 19.2. The number of hydrogen-bond donors (Lipinski definition) is 2. The number of fused-ring (bicyclic) bond motifs is 1. The van der Waals surface area contributed by atoms with E-state index >= 15 is 0 Å². The number of esters is 1. The van der Waals surface area contributed by atoms with Crippen molar-refractivity contribution in [2.24, 2.45) is 0 Å². The molecule has 6 nitrogen and oxygen atoms in total. The van der Waals surface area contributed by atoms with Crippen LogP contribution in [-0.4, -0.2) is 54.7 Å². The summed E-state index contributed by atoms with van der Waals surface area (Å²) in [4.78, 5) is 19.7. The molecule has 1 aromatic heterocycles. The standard InChI is InChI=1S/C26H36N4O2/c1-2-32-26(31)24(20-9-4-3-5-10-20)30-18-15-23(19-30)27-16-7-6-12-22-14-13-21-11-8-17-28-25(21)29-22/h3-5,9-10,13-14,23-24,27H,2,6-8,11-12,15-19H2,1H3,(H,28,29)/t23-,24?/m1/s1. The molecule has 2 N–H and O–H groups in total. The van der Waals surface area contributed by atoms with E-state index in [2.05, 4.69) is 27.7 Å². The lowest BCUT2D eigenvalue weighted by Crippen LogP contribution is -2.37. The molecule has 1 unspecified atom stereocenters. The van der Waals surface area contributed by atoms with Gasteiger partial charge < -0.3 is 15.4 Å². The first-order valence-corrected chi connectivity index (χ1v) is 12.2. The van der Waals surface area contributed by atoms with Crippen molar-refractivity contribution in [3.8, 4) is 0 Å². The molecule has 1 fully saturated rings. The molecule has 0 spiro atoms. The molecule has 6 heteroatoms. The Kier molecular flexibility index (Phi) is 8.13. The van der Waals surface area contributed by atoms with E-state index in [9.17, 15) is 4.79 Å². The number of likely N-dealkylation sites (tertiary alicyclic amines) is 1. The number of nitrogens with zero attached hydrogens (tertiary/aromatic N) is 2. The zero-order valence-corrected chi connectivity index (χ0v) is 19.2. The van der Waals surface area contributed by atoms with Gasteiger partial charge >= 0.3 is 5.97 Å². The second kappa shape index (κ2) is 11.4. The van der Waals surface area contributed by atoms with E-state index in [4.69, 9.17) is 9.72 Å². The average molecular weight is 437 g/mol. The monoisotopic (exact) mass is 436 g/mol. The number of benzene rings is 1. The van der Waals surface area contributed by atoms with Gasteiger partial charge in [0.1, 0.15) is 11.9 Å². The molecule has 2 atom stereocenters. The van der Waals surface area contributed by atoms with E-state index in [1.165, 1.54) is 17.7 Å². The van der Waals surface area contributed by atoms with Gasteiger partial charge in [-0.2, -0.15) is 0 Å².